The Morgan fingerprint density at radius 3 is 2.06 bits per heavy atom. The Labute approximate surface area is 103 Å². The molecule has 1 unspecified atom stereocenters. The van der Waals surface area contributed by atoms with Crippen molar-refractivity contribution < 1.29 is 8.42 Å². The lowest BCUT2D eigenvalue weighted by Crippen LogP contribution is -2.40. The van der Waals surface area contributed by atoms with Gasteiger partial charge in [0.2, 0.25) is 0 Å². The second-order valence-corrected chi connectivity index (χ2v) is 7.24. The lowest BCUT2D eigenvalue weighted by atomic mass is 9.94. The minimum absolute atomic E-state index is 0.309. The fraction of sp³-hybridized carbons (Fsp3) is 0.500. The summed E-state index contributed by atoms with van der Waals surface area (Å²) in [6, 6.07) is 6.63. The van der Waals surface area contributed by atoms with Crippen molar-refractivity contribution >= 4 is 9.84 Å². The van der Waals surface area contributed by atoms with Gasteiger partial charge in [0.25, 0.3) is 0 Å². The molecule has 5 heteroatoms. The van der Waals surface area contributed by atoms with Crippen LogP contribution in [0.5, 0.6) is 0 Å². The van der Waals surface area contributed by atoms with Gasteiger partial charge in [-0.05, 0) is 38.5 Å². The minimum atomic E-state index is -3.22. The number of benzene rings is 1. The molecule has 0 fully saturated rings. The highest BCUT2D eigenvalue weighted by molar-refractivity contribution is 7.92. The van der Waals surface area contributed by atoms with Crippen LogP contribution in [0.25, 0.3) is 0 Å². The molecule has 17 heavy (non-hydrogen) atoms. The molecule has 0 aliphatic rings. The van der Waals surface area contributed by atoms with Gasteiger partial charge in [0.1, 0.15) is 0 Å². The number of nitrogens with two attached hydrogens (primary N) is 2. The van der Waals surface area contributed by atoms with E-state index in [9.17, 15) is 8.42 Å². The molecule has 0 saturated heterocycles. The monoisotopic (exact) mass is 256 g/mol. The van der Waals surface area contributed by atoms with Crippen molar-refractivity contribution in [1.82, 2.24) is 0 Å². The molecule has 1 atom stereocenters. The Hall–Kier alpha value is -0.910. The molecule has 0 spiro atoms. The first-order valence-corrected chi connectivity index (χ1v) is 7.10. The fourth-order valence-corrected chi connectivity index (χ4v) is 2.48. The third-order valence-electron chi connectivity index (χ3n) is 2.89. The summed E-state index contributed by atoms with van der Waals surface area (Å²) in [5, 5.41) is -0.424. The molecule has 0 bridgehead atoms. The summed E-state index contributed by atoms with van der Waals surface area (Å²) in [7, 11) is -3.22. The molecule has 0 aliphatic carbocycles. The molecular formula is C12H20N2O2S. The van der Waals surface area contributed by atoms with Gasteiger partial charge in [-0.2, -0.15) is 0 Å². The molecule has 0 saturated carbocycles. The van der Waals surface area contributed by atoms with Crippen molar-refractivity contribution in [3.63, 3.8) is 0 Å². The largest absolute Gasteiger partial charge is 0.328 e. The first-order chi connectivity index (χ1) is 7.71. The topological polar surface area (TPSA) is 86.2 Å². The van der Waals surface area contributed by atoms with E-state index >= 15 is 0 Å². The van der Waals surface area contributed by atoms with Crippen molar-refractivity contribution in [2.75, 3.05) is 6.54 Å². The number of rotatable bonds is 4. The smallest absolute Gasteiger partial charge is 0.180 e. The van der Waals surface area contributed by atoms with Gasteiger partial charge in [-0.3, -0.25) is 0 Å². The highest BCUT2D eigenvalue weighted by atomic mass is 32.2. The van der Waals surface area contributed by atoms with Crippen LogP contribution in [0.4, 0.5) is 0 Å². The second-order valence-electron chi connectivity index (χ2n) is 4.74. The van der Waals surface area contributed by atoms with Gasteiger partial charge >= 0.3 is 0 Å². The molecule has 4 N–H and O–H groups in total. The zero-order valence-electron chi connectivity index (χ0n) is 10.5. The molecule has 1 rings (SSSR count). The average Bonchev–Trinajstić information content (AvgIpc) is 2.29. The van der Waals surface area contributed by atoms with Crippen LogP contribution in [-0.2, 0) is 15.4 Å². The van der Waals surface area contributed by atoms with Gasteiger partial charge in [0.05, 0.1) is 15.7 Å². The third kappa shape index (κ3) is 2.86. The minimum Gasteiger partial charge on any atom is -0.328 e. The standard InChI is InChI=1S/C12H20N2O2S/c1-9(2)17(15,16)11-6-4-10(5-7-11)12(3,14)8-13/h4-7,9H,8,13-14H2,1-3H3. The van der Waals surface area contributed by atoms with Crippen molar-refractivity contribution in [1.29, 1.82) is 0 Å². The predicted molar refractivity (Wildman–Crippen MR) is 69.4 cm³/mol. The van der Waals surface area contributed by atoms with Crippen LogP contribution in [0.3, 0.4) is 0 Å². The van der Waals surface area contributed by atoms with Crippen molar-refractivity contribution in [2.24, 2.45) is 11.5 Å². The average molecular weight is 256 g/mol. The van der Waals surface area contributed by atoms with E-state index in [4.69, 9.17) is 11.5 Å². The maximum atomic E-state index is 11.9. The molecular weight excluding hydrogens is 236 g/mol. The summed E-state index contributed by atoms with van der Waals surface area (Å²) in [5.74, 6) is 0. The molecule has 0 amide bonds. The van der Waals surface area contributed by atoms with E-state index < -0.39 is 20.6 Å². The first-order valence-electron chi connectivity index (χ1n) is 5.55. The Kier molecular flexibility index (Phi) is 3.96. The lowest BCUT2D eigenvalue weighted by Gasteiger charge is -2.23. The Bertz CT molecular complexity index is 476. The van der Waals surface area contributed by atoms with Gasteiger partial charge in [-0.25, -0.2) is 8.42 Å². The Morgan fingerprint density at radius 2 is 1.71 bits per heavy atom. The van der Waals surface area contributed by atoms with E-state index in [1.807, 2.05) is 6.92 Å². The summed E-state index contributed by atoms with van der Waals surface area (Å²) in [6.07, 6.45) is 0. The van der Waals surface area contributed by atoms with Crippen molar-refractivity contribution in [3.05, 3.63) is 29.8 Å². The summed E-state index contributed by atoms with van der Waals surface area (Å²) < 4.78 is 23.8. The van der Waals surface area contributed by atoms with E-state index in [1.54, 1.807) is 38.1 Å². The van der Waals surface area contributed by atoms with E-state index in [2.05, 4.69) is 0 Å². The second kappa shape index (κ2) is 4.76. The van der Waals surface area contributed by atoms with Crippen LogP contribution in [0.15, 0.2) is 29.2 Å². The van der Waals surface area contributed by atoms with Crippen LogP contribution in [-0.4, -0.2) is 20.2 Å². The summed E-state index contributed by atoms with van der Waals surface area (Å²) in [5.41, 5.74) is 11.8. The SMILES string of the molecule is CC(C)S(=O)(=O)c1ccc(C(C)(N)CN)cc1. The maximum absolute atomic E-state index is 11.9. The van der Waals surface area contributed by atoms with E-state index in [0.29, 0.717) is 11.4 Å². The number of hydrogen-bond donors (Lipinski definition) is 2. The van der Waals surface area contributed by atoms with Crippen molar-refractivity contribution in [2.45, 2.75) is 36.5 Å². The van der Waals surface area contributed by atoms with Gasteiger partial charge in [0.15, 0.2) is 9.84 Å². The van der Waals surface area contributed by atoms with Gasteiger partial charge in [-0.15, -0.1) is 0 Å². The van der Waals surface area contributed by atoms with Crippen LogP contribution in [0, 0.1) is 0 Å². The Morgan fingerprint density at radius 1 is 1.24 bits per heavy atom. The quantitative estimate of drug-likeness (QED) is 0.841. The Balaban J connectivity index is 3.14. The zero-order valence-corrected chi connectivity index (χ0v) is 11.3. The van der Waals surface area contributed by atoms with Crippen LogP contribution < -0.4 is 11.5 Å². The molecule has 0 radical (unpaired) electrons. The fourth-order valence-electron chi connectivity index (χ4n) is 1.42. The van der Waals surface area contributed by atoms with Gasteiger partial charge < -0.3 is 11.5 Å². The molecule has 1 aromatic carbocycles. The van der Waals surface area contributed by atoms with E-state index in [0.717, 1.165) is 5.56 Å². The maximum Gasteiger partial charge on any atom is 0.180 e. The summed E-state index contributed by atoms with van der Waals surface area (Å²) in [6.45, 7) is 5.45. The summed E-state index contributed by atoms with van der Waals surface area (Å²) in [4.78, 5) is 0.323. The molecule has 0 aromatic heterocycles. The zero-order chi connectivity index (χ0) is 13.3. The van der Waals surface area contributed by atoms with Crippen molar-refractivity contribution in [3.8, 4) is 0 Å². The van der Waals surface area contributed by atoms with E-state index in [1.165, 1.54) is 0 Å². The van der Waals surface area contributed by atoms with Gasteiger partial charge in [-0.1, -0.05) is 12.1 Å². The molecule has 0 heterocycles. The van der Waals surface area contributed by atoms with E-state index in [-0.39, 0.29) is 0 Å². The highest BCUT2D eigenvalue weighted by Crippen LogP contribution is 2.21. The van der Waals surface area contributed by atoms with Crippen LogP contribution in [0.1, 0.15) is 26.3 Å². The molecule has 1 aromatic rings. The first kappa shape index (κ1) is 14.2. The van der Waals surface area contributed by atoms with Crippen LogP contribution in [0.2, 0.25) is 0 Å². The van der Waals surface area contributed by atoms with Crippen LogP contribution >= 0.6 is 0 Å². The summed E-state index contributed by atoms with van der Waals surface area (Å²) >= 11 is 0. The normalized spacial score (nSPS) is 15.9. The number of hydrogen-bond acceptors (Lipinski definition) is 4. The molecule has 96 valence electrons. The molecule has 4 nitrogen and oxygen atoms in total. The molecule has 0 aliphatic heterocycles. The third-order valence-corrected chi connectivity index (χ3v) is 5.06. The lowest BCUT2D eigenvalue weighted by molar-refractivity contribution is 0.507. The highest BCUT2D eigenvalue weighted by Gasteiger charge is 2.22. The van der Waals surface area contributed by atoms with Gasteiger partial charge in [0, 0.05) is 6.54 Å². The number of sulfone groups is 1. The predicted octanol–water partition coefficient (Wildman–Crippen LogP) is 1.00.